The van der Waals surface area contributed by atoms with Gasteiger partial charge >= 0.3 is 6.09 Å². The molecule has 2 N–H and O–H groups in total. The smallest absolute Gasteiger partial charge is 0.407 e. The zero-order valence-corrected chi connectivity index (χ0v) is 15.0. The molecule has 23 heavy (non-hydrogen) atoms. The van der Waals surface area contributed by atoms with Crippen molar-refractivity contribution in [3.63, 3.8) is 0 Å². The van der Waals surface area contributed by atoms with Gasteiger partial charge in [0.25, 0.3) is 0 Å². The minimum absolute atomic E-state index is 0.203. The summed E-state index contributed by atoms with van der Waals surface area (Å²) in [5.74, 6) is 0. The van der Waals surface area contributed by atoms with Crippen LogP contribution in [0.4, 0.5) is 4.79 Å². The van der Waals surface area contributed by atoms with Gasteiger partial charge in [0, 0.05) is 6.54 Å². The van der Waals surface area contributed by atoms with E-state index in [1.54, 1.807) is 11.3 Å². The number of nitrogens with one attached hydrogen (secondary N) is 2. The van der Waals surface area contributed by atoms with E-state index in [1.165, 1.54) is 4.70 Å². The number of hydrogen-bond acceptors (Lipinski definition) is 5. The Kier molecular flexibility index (Phi) is 5.96. The summed E-state index contributed by atoms with van der Waals surface area (Å²) in [7, 11) is 0. The van der Waals surface area contributed by atoms with E-state index >= 15 is 0 Å². The van der Waals surface area contributed by atoms with Gasteiger partial charge in [0.1, 0.15) is 10.6 Å². The summed E-state index contributed by atoms with van der Waals surface area (Å²) >= 11 is 1.72. The van der Waals surface area contributed by atoms with Gasteiger partial charge in [0.05, 0.1) is 16.3 Å². The number of amides is 1. The van der Waals surface area contributed by atoms with Crippen molar-refractivity contribution in [1.29, 1.82) is 0 Å². The number of nitrogens with zero attached hydrogens (tertiary/aromatic N) is 1. The molecule has 0 bridgehead atoms. The van der Waals surface area contributed by atoms with Gasteiger partial charge in [-0.25, -0.2) is 9.78 Å². The maximum Gasteiger partial charge on any atom is 0.407 e. The van der Waals surface area contributed by atoms with Crippen LogP contribution >= 0.6 is 11.3 Å². The number of alkyl carbamates (subject to hydrolysis) is 1. The van der Waals surface area contributed by atoms with Crippen molar-refractivity contribution in [2.24, 2.45) is 0 Å². The predicted molar refractivity (Wildman–Crippen MR) is 94.9 cm³/mol. The van der Waals surface area contributed by atoms with Gasteiger partial charge in [-0.05, 0) is 52.8 Å². The van der Waals surface area contributed by atoms with Crippen LogP contribution in [0.25, 0.3) is 10.2 Å². The number of para-hydroxylation sites is 1. The van der Waals surface area contributed by atoms with E-state index in [0.717, 1.165) is 23.5 Å². The highest BCUT2D eigenvalue weighted by molar-refractivity contribution is 7.18. The second kappa shape index (κ2) is 7.75. The van der Waals surface area contributed by atoms with Crippen molar-refractivity contribution in [1.82, 2.24) is 15.6 Å². The SMILES string of the molecule is CC(NCCCNC(=O)OC(C)(C)C)c1nc2ccccc2s1. The normalized spacial score (nSPS) is 13.0. The number of fused-ring (bicyclic) bond motifs is 1. The molecule has 1 amide bonds. The van der Waals surface area contributed by atoms with Crippen LogP contribution in [0.3, 0.4) is 0 Å². The Morgan fingerprint density at radius 3 is 2.74 bits per heavy atom. The molecule has 1 atom stereocenters. The lowest BCUT2D eigenvalue weighted by Gasteiger charge is -2.19. The molecule has 1 heterocycles. The molecular formula is C17H25N3O2S. The van der Waals surface area contributed by atoms with Crippen LogP contribution in [-0.4, -0.2) is 29.8 Å². The fraction of sp³-hybridized carbons (Fsp3) is 0.529. The number of carbonyl (C=O) groups is 1. The lowest BCUT2D eigenvalue weighted by atomic mass is 10.2. The lowest BCUT2D eigenvalue weighted by molar-refractivity contribution is 0.0527. The van der Waals surface area contributed by atoms with Gasteiger partial charge in [0.15, 0.2) is 0 Å². The number of ether oxygens (including phenoxy) is 1. The summed E-state index contributed by atoms with van der Waals surface area (Å²) in [5, 5.41) is 7.29. The van der Waals surface area contributed by atoms with Crippen molar-refractivity contribution in [2.45, 2.75) is 45.8 Å². The molecule has 2 rings (SSSR count). The van der Waals surface area contributed by atoms with E-state index in [9.17, 15) is 4.79 Å². The molecule has 1 aromatic carbocycles. The molecule has 0 spiro atoms. The highest BCUT2D eigenvalue weighted by Crippen LogP contribution is 2.25. The van der Waals surface area contributed by atoms with Gasteiger partial charge in [0.2, 0.25) is 0 Å². The monoisotopic (exact) mass is 335 g/mol. The zero-order chi connectivity index (χ0) is 16.9. The third kappa shape index (κ3) is 5.80. The van der Waals surface area contributed by atoms with E-state index in [1.807, 2.05) is 39.0 Å². The minimum atomic E-state index is -0.455. The Balaban J connectivity index is 1.69. The van der Waals surface area contributed by atoms with Crippen LogP contribution in [0.15, 0.2) is 24.3 Å². The molecule has 0 radical (unpaired) electrons. The van der Waals surface area contributed by atoms with Gasteiger partial charge < -0.3 is 15.4 Å². The first-order chi connectivity index (χ1) is 10.8. The predicted octanol–water partition coefficient (Wildman–Crippen LogP) is 3.86. The van der Waals surface area contributed by atoms with Crippen molar-refractivity contribution in [2.75, 3.05) is 13.1 Å². The molecule has 0 saturated heterocycles. The molecule has 0 aliphatic heterocycles. The summed E-state index contributed by atoms with van der Waals surface area (Å²) in [6.07, 6.45) is 0.478. The molecule has 5 nitrogen and oxygen atoms in total. The van der Waals surface area contributed by atoms with Gasteiger partial charge in [-0.3, -0.25) is 0 Å². The maximum atomic E-state index is 11.5. The average molecular weight is 335 g/mol. The van der Waals surface area contributed by atoms with E-state index in [-0.39, 0.29) is 12.1 Å². The van der Waals surface area contributed by atoms with E-state index in [2.05, 4.69) is 28.6 Å². The molecule has 2 aromatic rings. The molecule has 6 heteroatoms. The number of rotatable bonds is 6. The third-order valence-electron chi connectivity index (χ3n) is 3.15. The number of aromatic nitrogens is 1. The number of hydrogen-bond donors (Lipinski definition) is 2. The Hall–Kier alpha value is -1.66. The van der Waals surface area contributed by atoms with Gasteiger partial charge in [-0.15, -0.1) is 11.3 Å². The Morgan fingerprint density at radius 1 is 1.30 bits per heavy atom. The molecule has 0 aliphatic carbocycles. The third-order valence-corrected chi connectivity index (χ3v) is 4.37. The minimum Gasteiger partial charge on any atom is -0.444 e. The molecular weight excluding hydrogens is 310 g/mol. The van der Waals surface area contributed by atoms with Crippen LogP contribution in [0.1, 0.15) is 45.2 Å². The Bertz CT molecular complexity index is 616. The Morgan fingerprint density at radius 2 is 2.04 bits per heavy atom. The first-order valence-corrected chi connectivity index (χ1v) is 8.72. The average Bonchev–Trinajstić information content (AvgIpc) is 2.88. The molecule has 1 unspecified atom stereocenters. The maximum absolute atomic E-state index is 11.5. The van der Waals surface area contributed by atoms with Crippen LogP contribution in [-0.2, 0) is 4.74 Å². The van der Waals surface area contributed by atoms with Crippen molar-refractivity contribution >= 4 is 27.6 Å². The van der Waals surface area contributed by atoms with Crippen LogP contribution < -0.4 is 10.6 Å². The zero-order valence-electron chi connectivity index (χ0n) is 14.2. The molecule has 126 valence electrons. The molecule has 0 saturated carbocycles. The summed E-state index contributed by atoms with van der Waals surface area (Å²) in [6.45, 7) is 9.08. The fourth-order valence-electron chi connectivity index (χ4n) is 2.07. The van der Waals surface area contributed by atoms with E-state index in [0.29, 0.717) is 6.54 Å². The fourth-order valence-corrected chi connectivity index (χ4v) is 3.07. The number of benzene rings is 1. The highest BCUT2D eigenvalue weighted by atomic mass is 32.1. The highest BCUT2D eigenvalue weighted by Gasteiger charge is 2.15. The summed E-state index contributed by atoms with van der Waals surface area (Å²) in [4.78, 5) is 16.2. The summed E-state index contributed by atoms with van der Waals surface area (Å²) in [5.41, 5.74) is 0.594. The van der Waals surface area contributed by atoms with Crippen molar-refractivity contribution in [3.8, 4) is 0 Å². The van der Waals surface area contributed by atoms with E-state index < -0.39 is 5.60 Å². The number of thiazole rings is 1. The quantitative estimate of drug-likeness (QED) is 0.787. The topological polar surface area (TPSA) is 63.2 Å². The first kappa shape index (κ1) is 17.7. The van der Waals surface area contributed by atoms with Gasteiger partial charge in [-0.2, -0.15) is 0 Å². The van der Waals surface area contributed by atoms with Crippen LogP contribution in [0, 0.1) is 0 Å². The Labute approximate surface area is 141 Å². The molecule has 0 aliphatic rings. The largest absolute Gasteiger partial charge is 0.444 e. The van der Waals surface area contributed by atoms with E-state index in [4.69, 9.17) is 4.74 Å². The standard InChI is InChI=1S/C17H25N3O2S/c1-12(15-20-13-8-5-6-9-14(13)23-15)18-10-7-11-19-16(21)22-17(2,3)4/h5-6,8-9,12,18H,7,10-11H2,1-4H3,(H,19,21). The second-order valence-corrected chi connectivity index (χ2v) is 7.54. The summed E-state index contributed by atoms with van der Waals surface area (Å²) < 4.78 is 6.40. The summed E-state index contributed by atoms with van der Waals surface area (Å²) in [6, 6.07) is 8.37. The molecule has 0 fully saturated rings. The van der Waals surface area contributed by atoms with Crippen LogP contribution in [0.5, 0.6) is 0 Å². The lowest BCUT2D eigenvalue weighted by Crippen LogP contribution is -2.34. The number of carbonyl (C=O) groups excluding carboxylic acids is 1. The first-order valence-electron chi connectivity index (χ1n) is 7.91. The molecule has 1 aromatic heterocycles. The van der Waals surface area contributed by atoms with Gasteiger partial charge in [-0.1, -0.05) is 12.1 Å². The van der Waals surface area contributed by atoms with Crippen molar-refractivity contribution < 1.29 is 9.53 Å². The van der Waals surface area contributed by atoms with Crippen molar-refractivity contribution in [3.05, 3.63) is 29.3 Å². The second-order valence-electron chi connectivity index (χ2n) is 6.48. The van der Waals surface area contributed by atoms with Crippen LogP contribution in [0.2, 0.25) is 0 Å².